The molecule has 0 aliphatic heterocycles. The van der Waals surface area contributed by atoms with Crippen molar-refractivity contribution in [3.8, 4) is 11.5 Å². The van der Waals surface area contributed by atoms with E-state index in [1.54, 1.807) is 18.3 Å². The van der Waals surface area contributed by atoms with Gasteiger partial charge in [0.15, 0.2) is 0 Å². The predicted molar refractivity (Wildman–Crippen MR) is 85.7 cm³/mol. The first-order valence-corrected chi connectivity index (χ1v) is 7.31. The van der Waals surface area contributed by atoms with Crippen molar-refractivity contribution in [1.29, 1.82) is 0 Å². The Bertz CT molecular complexity index is 782. The number of amides is 1. The molecule has 3 rings (SSSR count). The third-order valence-electron chi connectivity index (χ3n) is 3.26. The van der Waals surface area contributed by atoms with Crippen molar-refractivity contribution in [2.24, 2.45) is 0 Å². The lowest BCUT2D eigenvalue weighted by Gasteiger charge is -2.02. The Morgan fingerprint density at radius 2 is 1.96 bits per heavy atom. The Morgan fingerprint density at radius 1 is 1.13 bits per heavy atom. The van der Waals surface area contributed by atoms with Gasteiger partial charge in [-0.25, -0.2) is 4.98 Å². The van der Waals surface area contributed by atoms with Gasteiger partial charge in [0.2, 0.25) is 17.7 Å². The molecule has 0 spiro atoms. The van der Waals surface area contributed by atoms with Crippen LogP contribution in [0.4, 0.5) is 5.82 Å². The first kappa shape index (κ1) is 14.9. The molecule has 1 amide bonds. The Balaban J connectivity index is 1.57. The highest BCUT2D eigenvalue weighted by atomic mass is 16.4. The van der Waals surface area contributed by atoms with Crippen molar-refractivity contribution in [1.82, 2.24) is 15.2 Å². The van der Waals surface area contributed by atoms with Crippen LogP contribution in [0.15, 0.2) is 53.1 Å². The summed E-state index contributed by atoms with van der Waals surface area (Å²) in [6, 6.07) is 13.2. The van der Waals surface area contributed by atoms with Gasteiger partial charge in [-0.05, 0) is 31.2 Å². The van der Waals surface area contributed by atoms with E-state index in [-0.39, 0.29) is 12.3 Å². The zero-order valence-electron chi connectivity index (χ0n) is 12.7. The summed E-state index contributed by atoms with van der Waals surface area (Å²) >= 11 is 0. The Kier molecular flexibility index (Phi) is 4.42. The average molecular weight is 308 g/mol. The molecule has 0 radical (unpaired) electrons. The number of rotatable bonds is 5. The van der Waals surface area contributed by atoms with Crippen LogP contribution in [-0.2, 0) is 11.2 Å². The van der Waals surface area contributed by atoms with Crippen molar-refractivity contribution < 1.29 is 9.21 Å². The van der Waals surface area contributed by atoms with E-state index in [0.29, 0.717) is 24.0 Å². The van der Waals surface area contributed by atoms with Gasteiger partial charge in [-0.3, -0.25) is 4.79 Å². The standard InChI is InChI=1S/C17H16N4O2/c1-12-5-7-13(8-6-12)17-21-20-16(23-17)10-9-15(22)19-14-4-2-3-11-18-14/h2-8,11H,9-10H2,1H3,(H,18,19,22). The number of benzene rings is 1. The van der Waals surface area contributed by atoms with Crippen molar-refractivity contribution >= 4 is 11.7 Å². The molecule has 1 aromatic carbocycles. The van der Waals surface area contributed by atoms with Gasteiger partial charge in [0.25, 0.3) is 0 Å². The molecule has 0 unspecified atom stereocenters. The maximum atomic E-state index is 11.9. The molecule has 116 valence electrons. The van der Waals surface area contributed by atoms with Crippen LogP contribution in [0.25, 0.3) is 11.5 Å². The van der Waals surface area contributed by atoms with Gasteiger partial charge in [0, 0.05) is 24.6 Å². The van der Waals surface area contributed by atoms with Gasteiger partial charge in [-0.15, -0.1) is 10.2 Å². The molecule has 6 nitrogen and oxygen atoms in total. The number of aryl methyl sites for hydroxylation is 2. The lowest BCUT2D eigenvalue weighted by Crippen LogP contribution is -2.13. The minimum absolute atomic E-state index is 0.140. The number of nitrogens with zero attached hydrogens (tertiary/aromatic N) is 3. The number of nitrogens with one attached hydrogen (secondary N) is 1. The lowest BCUT2D eigenvalue weighted by atomic mass is 10.1. The summed E-state index contributed by atoms with van der Waals surface area (Å²) in [5.74, 6) is 1.30. The highest BCUT2D eigenvalue weighted by Crippen LogP contribution is 2.18. The molecular weight excluding hydrogens is 292 g/mol. The van der Waals surface area contributed by atoms with Crippen LogP contribution in [-0.4, -0.2) is 21.1 Å². The maximum absolute atomic E-state index is 11.9. The third kappa shape index (κ3) is 4.00. The Labute approximate surface area is 133 Å². The van der Waals surface area contributed by atoms with Crippen molar-refractivity contribution in [2.75, 3.05) is 5.32 Å². The second-order valence-electron chi connectivity index (χ2n) is 5.13. The van der Waals surface area contributed by atoms with Crippen LogP contribution in [0.2, 0.25) is 0 Å². The van der Waals surface area contributed by atoms with Crippen molar-refractivity contribution in [3.63, 3.8) is 0 Å². The van der Waals surface area contributed by atoms with E-state index in [2.05, 4.69) is 20.5 Å². The smallest absolute Gasteiger partial charge is 0.247 e. The van der Waals surface area contributed by atoms with Gasteiger partial charge in [-0.1, -0.05) is 23.8 Å². The van der Waals surface area contributed by atoms with Crippen LogP contribution in [0, 0.1) is 6.92 Å². The fraction of sp³-hybridized carbons (Fsp3) is 0.176. The van der Waals surface area contributed by atoms with Crippen molar-refractivity contribution in [3.05, 3.63) is 60.1 Å². The first-order chi connectivity index (χ1) is 11.2. The quantitative estimate of drug-likeness (QED) is 0.783. The van der Waals surface area contributed by atoms with Crippen LogP contribution in [0.5, 0.6) is 0 Å². The fourth-order valence-corrected chi connectivity index (χ4v) is 2.03. The SMILES string of the molecule is Cc1ccc(-c2nnc(CCC(=O)Nc3ccccn3)o2)cc1. The Morgan fingerprint density at radius 3 is 2.70 bits per heavy atom. The molecule has 0 aliphatic rings. The van der Waals surface area contributed by atoms with Crippen LogP contribution in [0.3, 0.4) is 0 Å². The van der Waals surface area contributed by atoms with E-state index in [1.165, 1.54) is 5.56 Å². The van der Waals surface area contributed by atoms with Gasteiger partial charge in [0.1, 0.15) is 5.82 Å². The number of carbonyl (C=O) groups excluding carboxylic acids is 1. The van der Waals surface area contributed by atoms with Crippen LogP contribution in [0.1, 0.15) is 17.9 Å². The van der Waals surface area contributed by atoms with Gasteiger partial charge in [0.05, 0.1) is 0 Å². The molecule has 23 heavy (non-hydrogen) atoms. The molecule has 0 aliphatic carbocycles. The lowest BCUT2D eigenvalue weighted by molar-refractivity contribution is -0.116. The number of anilines is 1. The molecule has 3 aromatic rings. The minimum Gasteiger partial charge on any atom is -0.421 e. The molecule has 6 heteroatoms. The third-order valence-corrected chi connectivity index (χ3v) is 3.26. The second-order valence-corrected chi connectivity index (χ2v) is 5.13. The van der Waals surface area contributed by atoms with E-state index in [9.17, 15) is 4.79 Å². The average Bonchev–Trinajstić information content (AvgIpc) is 3.04. The highest BCUT2D eigenvalue weighted by Gasteiger charge is 2.10. The number of pyridine rings is 1. The second kappa shape index (κ2) is 6.83. The maximum Gasteiger partial charge on any atom is 0.247 e. The molecule has 0 saturated carbocycles. The number of aromatic nitrogens is 3. The fourth-order valence-electron chi connectivity index (χ4n) is 2.03. The molecule has 0 fully saturated rings. The summed E-state index contributed by atoms with van der Waals surface area (Å²) in [5, 5.41) is 10.7. The zero-order chi connectivity index (χ0) is 16.1. The van der Waals surface area contributed by atoms with Crippen molar-refractivity contribution in [2.45, 2.75) is 19.8 Å². The van der Waals surface area contributed by atoms with Crippen LogP contribution < -0.4 is 5.32 Å². The molecule has 2 heterocycles. The van der Waals surface area contributed by atoms with E-state index < -0.39 is 0 Å². The first-order valence-electron chi connectivity index (χ1n) is 7.31. The van der Waals surface area contributed by atoms with Gasteiger partial charge in [-0.2, -0.15) is 0 Å². The molecule has 0 saturated heterocycles. The zero-order valence-corrected chi connectivity index (χ0v) is 12.7. The number of carbonyl (C=O) groups is 1. The summed E-state index contributed by atoms with van der Waals surface area (Å²) in [7, 11) is 0. The van der Waals surface area contributed by atoms with Crippen LogP contribution >= 0.6 is 0 Å². The van der Waals surface area contributed by atoms with E-state index in [0.717, 1.165) is 5.56 Å². The molecule has 0 atom stereocenters. The van der Waals surface area contributed by atoms with E-state index >= 15 is 0 Å². The molecule has 0 bridgehead atoms. The normalized spacial score (nSPS) is 10.5. The predicted octanol–water partition coefficient (Wildman–Crippen LogP) is 3.01. The summed E-state index contributed by atoms with van der Waals surface area (Å²) in [5.41, 5.74) is 2.03. The summed E-state index contributed by atoms with van der Waals surface area (Å²) in [6.07, 6.45) is 2.27. The molecule has 1 N–H and O–H groups in total. The minimum atomic E-state index is -0.140. The molecular formula is C17H16N4O2. The monoisotopic (exact) mass is 308 g/mol. The van der Waals surface area contributed by atoms with E-state index in [4.69, 9.17) is 4.42 Å². The number of hydrogen-bond donors (Lipinski definition) is 1. The largest absolute Gasteiger partial charge is 0.421 e. The number of hydrogen-bond acceptors (Lipinski definition) is 5. The summed E-state index contributed by atoms with van der Waals surface area (Å²) in [6.45, 7) is 2.02. The van der Waals surface area contributed by atoms with Gasteiger partial charge >= 0.3 is 0 Å². The molecule has 2 aromatic heterocycles. The van der Waals surface area contributed by atoms with Gasteiger partial charge < -0.3 is 9.73 Å². The van der Waals surface area contributed by atoms with E-state index in [1.807, 2.05) is 37.3 Å². The highest BCUT2D eigenvalue weighted by molar-refractivity contribution is 5.89. The summed E-state index contributed by atoms with van der Waals surface area (Å²) in [4.78, 5) is 15.9. The Hall–Kier alpha value is -3.02. The summed E-state index contributed by atoms with van der Waals surface area (Å²) < 4.78 is 5.59. The topological polar surface area (TPSA) is 80.9 Å².